The smallest absolute Gasteiger partial charge is 0.394 e. The zero-order chi connectivity index (χ0) is 14.8. The summed E-state index contributed by atoms with van der Waals surface area (Å²) in [6.07, 6.45) is -4.60. The van der Waals surface area contributed by atoms with Crippen molar-refractivity contribution in [1.82, 2.24) is 10.2 Å². The van der Waals surface area contributed by atoms with Crippen LogP contribution in [-0.2, 0) is 6.18 Å². The van der Waals surface area contributed by atoms with Crippen molar-refractivity contribution >= 4 is 0 Å². The molecule has 0 spiro atoms. The normalized spacial score (nSPS) is 19.1. The van der Waals surface area contributed by atoms with Crippen LogP contribution >= 0.6 is 0 Å². The van der Waals surface area contributed by atoms with Gasteiger partial charge in [-0.05, 0) is 23.8 Å². The van der Waals surface area contributed by atoms with Crippen LogP contribution in [0.4, 0.5) is 17.6 Å². The number of nitrogens with zero attached hydrogens (tertiary/aromatic N) is 1. The average molecular weight is 292 g/mol. The van der Waals surface area contributed by atoms with Gasteiger partial charge in [0.25, 0.3) is 0 Å². The maximum absolute atomic E-state index is 13.4. The molecular weight excluding hydrogens is 276 g/mol. The lowest BCUT2D eigenvalue weighted by atomic mass is 10.0. The summed E-state index contributed by atoms with van der Waals surface area (Å²) in [6, 6.07) is 1.81. The van der Waals surface area contributed by atoms with E-state index >= 15 is 0 Å². The third-order valence-electron chi connectivity index (χ3n) is 3.40. The number of aliphatic hydroxyl groups is 1. The first-order valence-electron chi connectivity index (χ1n) is 6.35. The average Bonchev–Trinajstić information content (AvgIpc) is 2.39. The molecule has 0 bridgehead atoms. The summed E-state index contributed by atoms with van der Waals surface area (Å²) < 4.78 is 51.5. The first kappa shape index (κ1) is 15.2. The minimum absolute atomic E-state index is 0.154. The Morgan fingerprint density at radius 3 is 2.40 bits per heavy atom. The molecule has 1 unspecified atom stereocenters. The van der Waals surface area contributed by atoms with Gasteiger partial charge in [0.05, 0.1) is 18.2 Å². The molecule has 3 nitrogen and oxygen atoms in total. The van der Waals surface area contributed by atoms with Gasteiger partial charge in [-0.25, -0.2) is 4.39 Å². The number of halogens is 4. The fourth-order valence-corrected chi connectivity index (χ4v) is 2.39. The van der Waals surface area contributed by atoms with Gasteiger partial charge in [-0.1, -0.05) is 0 Å². The van der Waals surface area contributed by atoms with E-state index in [4.69, 9.17) is 0 Å². The van der Waals surface area contributed by atoms with E-state index < -0.39 is 23.6 Å². The van der Waals surface area contributed by atoms with Crippen molar-refractivity contribution in [2.24, 2.45) is 0 Å². The molecule has 1 atom stereocenters. The van der Waals surface area contributed by atoms with Gasteiger partial charge in [0.2, 0.25) is 0 Å². The highest BCUT2D eigenvalue weighted by molar-refractivity contribution is 5.29. The highest BCUT2D eigenvalue weighted by Gasteiger charge is 2.32. The van der Waals surface area contributed by atoms with Crippen LogP contribution < -0.4 is 5.32 Å². The molecule has 2 rings (SSSR count). The third-order valence-corrected chi connectivity index (χ3v) is 3.40. The number of alkyl halides is 3. The molecule has 0 amide bonds. The standard InChI is InChI=1S/C13H16F4N2O/c14-11-6-9(5-10(7-11)13(15,16)17)12(8-20)19-3-1-18-2-4-19/h5-7,12,18,20H,1-4,8H2. The second-order valence-electron chi connectivity index (χ2n) is 4.76. The molecule has 7 heteroatoms. The predicted octanol–water partition coefficient (Wildman–Crippen LogP) is 1.78. The van der Waals surface area contributed by atoms with Gasteiger partial charge in [0.1, 0.15) is 5.82 Å². The molecule has 1 aromatic carbocycles. The second-order valence-corrected chi connectivity index (χ2v) is 4.76. The lowest BCUT2D eigenvalue weighted by molar-refractivity contribution is -0.137. The summed E-state index contributed by atoms with van der Waals surface area (Å²) >= 11 is 0. The minimum atomic E-state index is -4.60. The molecular formula is C13H16F4N2O. The van der Waals surface area contributed by atoms with Crippen LogP contribution in [0.5, 0.6) is 0 Å². The van der Waals surface area contributed by atoms with Crippen molar-refractivity contribution in [1.29, 1.82) is 0 Å². The number of piperazine rings is 1. The molecule has 112 valence electrons. The zero-order valence-electron chi connectivity index (χ0n) is 10.8. The van der Waals surface area contributed by atoms with Gasteiger partial charge in [-0.15, -0.1) is 0 Å². The van der Waals surface area contributed by atoms with Gasteiger partial charge in [0.15, 0.2) is 0 Å². The Kier molecular flexibility index (Phi) is 4.62. The lowest BCUT2D eigenvalue weighted by Gasteiger charge is -2.34. The van der Waals surface area contributed by atoms with Gasteiger partial charge in [-0.2, -0.15) is 13.2 Å². The monoisotopic (exact) mass is 292 g/mol. The highest BCUT2D eigenvalue weighted by Crippen LogP contribution is 2.32. The molecule has 1 aliphatic rings. The molecule has 1 aliphatic heterocycles. The maximum atomic E-state index is 13.4. The predicted molar refractivity (Wildman–Crippen MR) is 65.7 cm³/mol. The Morgan fingerprint density at radius 2 is 1.85 bits per heavy atom. The van der Waals surface area contributed by atoms with Crippen molar-refractivity contribution in [3.8, 4) is 0 Å². The van der Waals surface area contributed by atoms with Crippen molar-refractivity contribution in [3.05, 3.63) is 35.1 Å². The van der Waals surface area contributed by atoms with E-state index in [1.165, 1.54) is 0 Å². The minimum Gasteiger partial charge on any atom is -0.394 e. The number of nitrogens with one attached hydrogen (secondary N) is 1. The fraction of sp³-hybridized carbons (Fsp3) is 0.538. The third kappa shape index (κ3) is 3.47. The number of aliphatic hydroxyl groups excluding tert-OH is 1. The van der Waals surface area contributed by atoms with Crippen LogP contribution in [0.3, 0.4) is 0 Å². The van der Waals surface area contributed by atoms with Crippen LogP contribution in [0.25, 0.3) is 0 Å². The zero-order valence-corrected chi connectivity index (χ0v) is 10.8. The largest absolute Gasteiger partial charge is 0.416 e. The number of hydrogen-bond donors (Lipinski definition) is 2. The quantitative estimate of drug-likeness (QED) is 0.834. The number of benzene rings is 1. The summed E-state index contributed by atoms with van der Waals surface area (Å²) in [5.41, 5.74) is -0.872. The van der Waals surface area contributed by atoms with Gasteiger partial charge < -0.3 is 10.4 Å². The van der Waals surface area contributed by atoms with Gasteiger partial charge in [0, 0.05) is 26.2 Å². The van der Waals surface area contributed by atoms with Crippen molar-refractivity contribution in [3.63, 3.8) is 0 Å². The highest BCUT2D eigenvalue weighted by atomic mass is 19.4. The van der Waals surface area contributed by atoms with Gasteiger partial charge >= 0.3 is 6.18 Å². The van der Waals surface area contributed by atoms with Crippen molar-refractivity contribution in [2.45, 2.75) is 12.2 Å². The summed E-state index contributed by atoms with van der Waals surface area (Å²) in [5.74, 6) is -0.941. The molecule has 0 aliphatic carbocycles. The molecule has 1 saturated heterocycles. The van der Waals surface area contributed by atoms with E-state index in [2.05, 4.69) is 5.32 Å². The van der Waals surface area contributed by atoms with E-state index in [1.54, 1.807) is 0 Å². The van der Waals surface area contributed by atoms with E-state index in [0.29, 0.717) is 32.2 Å². The molecule has 0 aromatic heterocycles. The molecule has 1 aromatic rings. The fourth-order valence-electron chi connectivity index (χ4n) is 2.39. The van der Waals surface area contributed by atoms with Gasteiger partial charge in [-0.3, -0.25) is 4.90 Å². The summed E-state index contributed by atoms with van der Waals surface area (Å²) in [5, 5.41) is 12.6. The SMILES string of the molecule is OCC(c1cc(F)cc(C(F)(F)F)c1)N1CCNCC1. The van der Waals surface area contributed by atoms with E-state index in [-0.39, 0.29) is 12.2 Å². The molecule has 0 radical (unpaired) electrons. The van der Waals surface area contributed by atoms with Crippen LogP contribution in [0.1, 0.15) is 17.2 Å². The Hall–Kier alpha value is -1.18. The Morgan fingerprint density at radius 1 is 1.20 bits per heavy atom. The molecule has 1 fully saturated rings. The second kappa shape index (κ2) is 6.07. The first-order valence-corrected chi connectivity index (χ1v) is 6.35. The molecule has 2 N–H and O–H groups in total. The van der Waals surface area contributed by atoms with Crippen molar-refractivity contribution < 1.29 is 22.7 Å². The summed E-state index contributed by atoms with van der Waals surface area (Å²) in [4.78, 5) is 1.85. The summed E-state index contributed by atoms with van der Waals surface area (Å²) in [7, 11) is 0. The van der Waals surface area contributed by atoms with Crippen LogP contribution in [-0.4, -0.2) is 42.8 Å². The van der Waals surface area contributed by atoms with E-state index in [1.807, 2.05) is 4.90 Å². The molecule has 20 heavy (non-hydrogen) atoms. The van der Waals surface area contributed by atoms with E-state index in [9.17, 15) is 22.7 Å². The van der Waals surface area contributed by atoms with Crippen molar-refractivity contribution in [2.75, 3.05) is 32.8 Å². The number of rotatable bonds is 3. The van der Waals surface area contributed by atoms with E-state index in [0.717, 1.165) is 12.1 Å². The Bertz CT molecular complexity index is 458. The Labute approximate surface area is 114 Å². The topological polar surface area (TPSA) is 35.5 Å². The maximum Gasteiger partial charge on any atom is 0.416 e. The summed E-state index contributed by atoms with van der Waals surface area (Å²) in [6.45, 7) is 2.24. The lowest BCUT2D eigenvalue weighted by Crippen LogP contribution is -2.46. The van der Waals surface area contributed by atoms with Crippen LogP contribution in [0.2, 0.25) is 0 Å². The Balaban J connectivity index is 2.31. The first-order chi connectivity index (χ1) is 9.41. The molecule has 1 heterocycles. The molecule has 0 saturated carbocycles. The number of hydrogen-bond acceptors (Lipinski definition) is 3. The van der Waals surface area contributed by atoms with Crippen LogP contribution in [0.15, 0.2) is 18.2 Å². The van der Waals surface area contributed by atoms with Crippen LogP contribution in [0, 0.1) is 5.82 Å².